The molecule has 6 heteroatoms. The summed E-state index contributed by atoms with van der Waals surface area (Å²) in [5, 5.41) is 3.03. The second-order valence-corrected chi connectivity index (χ2v) is 7.71. The second kappa shape index (κ2) is 8.60. The largest absolute Gasteiger partial charge is 0.489 e. The fraction of sp³-hybridized carbons (Fsp3) is 0.240. The Kier molecular flexibility index (Phi) is 5.35. The first-order chi connectivity index (χ1) is 15.3. The fourth-order valence-corrected chi connectivity index (χ4v) is 3.99. The molecule has 0 aliphatic carbocycles. The van der Waals surface area contributed by atoms with Crippen molar-refractivity contribution < 1.29 is 19.0 Å². The van der Waals surface area contributed by atoms with Crippen LogP contribution in [-0.2, 0) is 17.9 Å². The molecule has 2 aliphatic rings. The Morgan fingerprint density at radius 1 is 0.871 bits per heavy atom. The third-order valence-corrected chi connectivity index (χ3v) is 5.59. The number of nitrogens with one attached hydrogen (secondary N) is 1. The molecule has 0 spiro atoms. The van der Waals surface area contributed by atoms with Crippen LogP contribution in [0.1, 0.15) is 17.5 Å². The van der Waals surface area contributed by atoms with Gasteiger partial charge >= 0.3 is 0 Å². The molecule has 3 aromatic rings. The lowest BCUT2D eigenvalue weighted by Crippen LogP contribution is -2.45. The van der Waals surface area contributed by atoms with Crippen LogP contribution in [0.25, 0.3) is 0 Å². The van der Waals surface area contributed by atoms with Crippen molar-refractivity contribution in [1.82, 2.24) is 5.32 Å². The van der Waals surface area contributed by atoms with Gasteiger partial charge in [0.25, 0.3) is 0 Å². The summed E-state index contributed by atoms with van der Waals surface area (Å²) < 4.78 is 16.7. The maximum Gasteiger partial charge on any atom is 0.231 e. The average molecular weight is 416 g/mol. The van der Waals surface area contributed by atoms with E-state index in [4.69, 9.17) is 14.2 Å². The molecule has 0 bridgehead atoms. The zero-order valence-corrected chi connectivity index (χ0v) is 17.1. The van der Waals surface area contributed by atoms with Crippen LogP contribution in [-0.4, -0.2) is 25.3 Å². The van der Waals surface area contributed by atoms with Crippen molar-refractivity contribution in [3.05, 3.63) is 83.9 Å². The van der Waals surface area contributed by atoms with Crippen molar-refractivity contribution in [2.75, 3.05) is 18.3 Å². The monoisotopic (exact) mass is 416 g/mol. The van der Waals surface area contributed by atoms with Crippen molar-refractivity contribution in [3.63, 3.8) is 0 Å². The van der Waals surface area contributed by atoms with Gasteiger partial charge in [0, 0.05) is 13.1 Å². The lowest BCUT2D eigenvalue weighted by Gasteiger charge is -2.38. The van der Waals surface area contributed by atoms with E-state index in [2.05, 4.69) is 28.4 Å². The van der Waals surface area contributed by atoms with Gasteiger partial charge in [-0.1, -0.05) is 48.5 Å². The first-order valence-electron chi connectivity index (χ1n) is 10.4. The quantitative estimate of drug-likeness (QED) is 0.661. The highest BCUT2D eigenvalue weighted by atomic mass is 16.7. The van der Waals surface area contributed by atoms with Crippen LogP contribution in [0.15, 0.2) is 72.8 Å². The minimum absolute atomic E-state index is 0.0105. The highest BCUT2D eigenvalue weighted by Gasteiger charge is 2.29. The van der Waals surface area contributed by atoms with E-state index < -0.39 is 0 Å². The van der Waals surface area contributed by atoms with Gasteiger partial charge in [-0.3, -0.25) is 4.79 Å². The summed E-state index contributed by atoms with van der Waals surface area (Å²) in [6.07, 6.45) is 0.353. The summed E-state index contributed by atoms with van der Waals surface area (Å²) in [4.78, 5) is 15.1. The number of benzene rings is 3. The molecule has 0 radical (unpaired) electrons. The number of carbonyl (C=O) groups is 1. The predicted octanol–water partition coefficient (Wildman–Crippen LogP) is 3.89. The number of para-hydroxylation sites is 2. The Morgan fingerprint density at radius 3 is 2.58 bits per heavy atom. The Hall–Kier alpha value is -3.67. The van der Waals surface area contributed by atoms with Crippen LogP contribution < -0.4 is 24.4 Å². The summed E-state index contributed by atoms with van der Waals surface area (Å²) in [7, 11) is 0. The van der Waals surface area contributed by atoms with Crippen LogP contribution in [0.2, 0.25) is 0 Å². The summed E-state index contributed by atoms with van der Waals surface area (Å²) in [6.45, 7) is 1.88. The molecular formula is C25H24N2O4. The number of hydrogen-bond acceptors (Lipinski definition) is 5. The molecule has 158 valence electrons. The molecule has 6 nitrogen and oxygen atoms in total. The van der Waals surface area contributed by atoms with Crippen LogP contribution in [0.5, 0.6) is 17.2 Å². The number of ether oxygens (including phenoxy) is 3. The third-order valence-electron chi connectivity index (χ3n) is 5.59. The average Bonchev–Trinajstić information content (AvgIpc) is 3.28. The molecule has 0 aromatic heterocycles. The van der Waals surface area contributed by atoms with E-state index in [1.807, 2.05) is 54.6 Å². The van der Waals surface area contributed by atoms with Crippen molar-refractivity contribution in [2.45, 2.75) is 25.6 Å². The van der Waals surface area contributed by atoms with Gasteiger partial charge in [0.15, 0.2) is 11.5 Å². The van der Waals surface area contributed by atoms with Gasteiger partial charge in [-0.2, -0.15) is 0 Å². The molecule has 0 saturated carbocycles. The Balaban J connectivity index is 1.27. The predicted molar refractivity (Wildman–Crippen MR) is 117 cm³/mol. The van der Waals surface area contributed by atoms with Gasteiger partial charge in [-0.15, -0.1) is 0 Å². The number of fused-ring (bicyclic) bond motifs is 2. The zero-order valence-electron chi connectivity index (χ0n) is 17.1. The van der Waals surface area contributed by atoms with Crippen molar-refractivity contribution in [2.24, 2.45) is 0 Å². The number of nitrogens with zero attached hydrogens (tertiary/aromatic N) is 1. The molecule has 0 fully saturated rings. The molecule has 0 saturated heterocycles. The maximum absolute atomic E-state index is 12.8. The molecule has 2 aliphatic heterocycles. The first kappa shape index (κ1) is 19.3. The molecule has 1 N–H and O–H groups in total. The van der Waals surface area contributed by atoms with E-state index in [9.17, 15) is 4.79 Å². The standard InChI is InChI=1S/C25H24N2O4/c28-25(26-14-19-10-11-23-24(12-19)31-17-30-23)13-20-16-29-22-9-5-4-8-21(22)27(20)15-18-6-2-1-3-7-18/h1-12,20H,13-17H2,(H,26,28)/t20-/m1/s1. The van der Waals surface area contributed by atoms with Gasteiger partial charge in [0.2, 0.25) is 12.7 Å². The second-order valence-electron chi connectivity index (χ2n) is 7.71. The Bertz CT molecular complexity index is 1070. The zero-order chi connectivity index (χ0) is 21.0. The number of anilines is 1. The summed E-state index contributed by atoms with van der Waals surface area (Å²) >= 11 is 0. The van der Waals surface area contributed by atoms with E-state index in [-0.39, 0.29) is 18.7 Å². The Labute approximate surface area is 181 Å². The fourth-order valence-electron chi connectivity index (χ4n) is 3.99. The van der Waals surface area contributed by atoms with Gasteiger partial charge in [-0.05, 0) is 35.4 Å². The number of carbonyl (C=O) groups excluding carboxylic acids is 1. The molecule has 2 heterocycles. The third kappa shape index (κ3) is 4.28. The number of rotatable bonds is 6. The van der Waals surface area contributed by atoms with E-state index >= 15 is 0 Å². The highest BCUT2D eigenvalue weighted by molar-refractivity contribution is 5.77. The van der Waals surface area contributed by atoms with Gasteiger partial charge < -0.3 is 24.4 Å². The molecule has 3 aromatic carbocycles. The summed E-state index contributed by atoms with van der Waals surface area (Å²) in [5.74, 6) is 2.31. The maximum atomic E-state index is 12.8. The van der Waals surface area contributed by atoms with Crippen LogP contribution in [0.3, 0.4) is 0 Å². The smallest absolute Gasteiger partial charge is 0.231 e. The summed E-state index contributed by atoms with van der Waals surface area (Å²) in [5.41, 5.74) is 3.19. The van der Waals surface area contributed by atoms with E-state index in [1.54, 1.807) is 0 Å². The molecular weight excluding hydrogens is 392 g/mol. The summed E-state index contributed by atoms with van der Waals surface area (Å²) in [6, 6.07) is 24.0. The normalized spacial score (nSPS) is 16.4. The molecule has 5 rings (SSSR count). The van der Waals surface area contributed by atoms with Crippen molar-refractivity contribution in [1.29, 1.82) is 0 Å². The SMILES string of the molecule is O=C(C[C@@H]1COc2ccccc2N1Cc1ccccc1)NCc1ccc2c(c1)OCO2. The van der Waals surface area contributed by atoms with Crippen LogP contribution in [0, 0.1) is 0 Å². The van der Waals surface area contributed by atoms with Gasteiger partial charge in [0.1, 0.15) is 12.4 Å². The van der Waals surface area contributed by atoms with Crippen molar-refractivity contribution in [3.8, 4) is 17.2 Å². The van der Waals surface area contributed by atoms with E-state index in [1.165, 1.54) is 5.56 Å². The van der Waals surface area contributed by atoms with E-state index in [0.29, 0.717) is 19.6 Å². The molecule has 1 amide bonds. The lowest BCUT2D eigenvalue weighted by atomic mass is 10.1. The van der Waals surface area contributed by atoms with E-state index in [0.717, 1.165) is 35.0 Å². The van der Waals surface area contributed by atoms with Crippen LogP contribution in [0.4, 0.5) is 5.69 Å². The molecule has 31 heavy (non-hydrogen) atoms. The minimum Gasteiger partial charge on any atom is -0.489 e. The van der Waals surface area contributed by atoms with Gasteiger partial charge in [-0.25, -0.2) is 0 Å². The van der Waals surface area contributed by atoms with Gasteiger partial charge in [0.05, 0.1) is 18.2 Å². The van der Waals surface area contributed by atoms with Crippen LogP contribution >= 0.6 is 0 Å². The molecule has 1 atom stereocenters. The number of hydrogen-bond donors (Lipinski definition) is 1. The Morgan fingerprint density at radius 2 is 1.68 bits per heavy atom. The number of amides is 1. The first-order valence-corrected chi connectivity index (χ1v) is 10.4. The molecule has 0 unspecified atom stereocenters. The van der Waals surface area contributed by atoms with Crippen molar-refractivity contribution >= 4 is 11.6 Å². The lowest BCUT2D eigenvalue weighted by molar-refractivity contribution is -0.121. The topological polar surface area (TPSA) is 60.0 Å². The highest BCUT2D eigenvalue weighted by Crippen LogP contribution is 2.35. The minimum atomic E-state index is -0.0492.